The van der Waals surface area contributed by atoms with E-state index in [0.29, 0.717) is 38.9 Å². The van der Waals surface area contributed by atoms with Crippen molar-refractivity contribution >= 4 is 0 Å². The monoisotopic (exact) mass is 188 g/mol. The summed E-state index contributed by atoms with van der Waals surface area (Å²) < 4.78 is 11.0. The zero-order valence-corrected chi connectivity index (χ0v) is 7.61. The van der Waals surface area contributed by atoms with E-state index in [1.165, 1.54) is 0 Å². The van der Waals surface area contributed by atoms with Gasteiger partial charge in [0.05, 0.1) is 25.4 Å². The summed E-state index contributed by atoms with van der Waals surface area (Å²) in [7, 11) is 0. The molecule has 1 aliphatic carbocycles. The Morgan fingerprint density at radius 1 is 0.923 bits per heavy atom. The van der Waals surface area contributed by atoms with Crippen molar-refractivity contribution in [1.29, 1.82) is 0 Å². The first kappa shape index (κ1) is 9.40. The molecule has 4 heteroatoms. The zero-order chi connectivity index (χ0) is 9.31. The molecule has 4 nitrogen and oxygen atoms in total. The second-order valence-corrected chi connectivity index (χ2v) is 3.82. The van der Waals surface area contributed by atoms with Gasteiger partial charge in [0.2, 0.25) is 0 Å². The van der Waals surface area contributed by atoms with Gasteiger partial charge in [-0.25, -0.2) is 0 Å². The summed E-state index contributed by atoms with van der Waals surface area (Å²) in [5, 5.41) is 18.9. The molecule has 2 rings (SSSR count). The Morgan fingerprint density at radius 2 is 1.38 bits per heavy atom. The first-order valence-corrected chi connectivity index (χ1v) is 4.86. The van der Waals surface area contributed by atoms with E-state index >= 15 is 0 Å². The summed E-state index contributed by atoms with van der Waals surface area (Å²) in [5.41, 5.74) is 0. The molecule has 76 valence electrons. The molecule has 0 bridgehead atoms. The van der Waals surface area contributed by atoms with Crippen LogP contribution in [-0.4, -0.2) is 41.4 Å². The van der Waals surface area contributed by atoms with Crippen LogP contribution in [0.2, 0.25) is 0 Å². The molecule has 13 heavy (non-hydrogen) atoms. The van der Waals surface area contributed by atoms with Gasteiger partial charge in [-0.15, -0.1) is 0 Å². The number of hydrogen-bond donors (Lipinski definition) is 2. The summed E-state index contributed by atoms with van der Waals surface area (Å²) in [5.74, 6) is -0.502. The van der Waals surface area contributed by atoms with E-state index < -0.39 is 18.0 Å². The first-order valence-electron chi connectivity index (χ1n) is 4.86. The Kier molecular flexibility index (Phi) is 2.55. The Hall–Kier alpha value is -0.160. The van der Waals surface area contributed by atoms with E-state index in [2.05, 4.69) is 0 Å². The van der Waals surface area contributed by atoms with Gasteiger partial charge < -0.3 is 19.7 Å². The summed E-state index contributed by atoms with van der Waals surface area (Å²) in [6, 6.07) is 0. The molecule has 2 N–H and O–H groups in total. The lowest BCUT2D eigenvalue weighted by atomic mass is 10.1. The van der Waals surface area contributed by atoms with Crippen molar-refractivity contribution in [2.75, 3.05) is 13.2 Å². The molecule has 0 amide bonds. The molecule has 0 aromatic carbocycles. The highest BCUT2D eigenvalue weighted by atomic mass is 16.7. The van der Waals surface area contributed by atoms with E-state index in [9.17, 15) is 10.2 Å². The molecule has 2 aliphatic rings. The Morgan fingerprint density at radius 3 is 1.85 bits per heavy atom. The lowest BCUT2D eigenvalue weighted by Crippen LogP contribution is -2.29. The molecule has 1 spiro atoms. The highest BCUT2D eigenvalue weighted by Gasteiger charge is 2.40. The van der Waals surface area contributed by atoms with E-state index in [1.807, 2.05) is 0 Å². The number of ether oxygens (including phenoxy) is 2. The van der Waals surface area contributed by atoms with Crippen LogP contribution in [0.15, 0.2) is 0 Å². The maximum atomic E-state index is 9.44. The van der Waals surface area contributed by atoms with Crippen LogP contribution in [0.25, 0.3) is 0 Å². The maximum Gasteiger partial charge on any atom is 0.168 e. The van der Waals surface area contributed by atoms with Gasteiger partial charge in [-0.05, 0) is 12.8 Å². The number of aliphatic hydroxyl groups excluding tert-OH is 2. The van der Waals surface area contributed by atoms with Crippen molar-refractivity contribution in [2.24, 2.45) is 0 Å². The third-order valence-corrected chi connectivity index (χ3v) is 2.90. The fourth-order valence-corrected chi connectivity index (χ4v) is 2.03. The van der Waals surface area contributed by atoms with Crippen molar-refractivity contribution < 1.29 is 19.7 Å². The van der Waals surface area contributed by atoms with Crippen LogP contribution < -0.4 is 0 Å². The zero-order valence-electron chi connectivity index (χ0n) is 7.61. The van der Waals surface area contributed by atoms with Gasteiger partial charge in [0.15, 0.2) is 5.79 Å². The fraction of sp³-hybridized carbons (Fsp3) is 1.00. The molecule has 1 saturated heterocycles. The molecular weight excluding hydrogens is 172 g/mol. The van der Waals surface area contributed by atoms with Crippen LogP contribution in [0.5, 0.6) is 0 Å². The average molecular weight is 188 g/mol. The molecule has 2 atom stereocenters. The summed E-state index contributed by atoms with van der Waals surface area (Å²) in [4.78, 5) is 0. The quantitative estimate of drug-likeness (QED) is 0.563. The number of hydrogen-bond acceptors (Lipinski definition) is 4. The molecule has 1 saturated carbocycles. The van der Waals surface area contributed by atoms with Crippen LogP contribution in [0.3, 0.4) is 0 Å². The second-order valence-electron chi connectivity index (χ2n) is 3.82. The van der Waals surface area contributed by atoms with Gasteiger partial charge in [-0.1, -0.05) is 0 Å². The Balaban J connectivity index is 2.00. The summed E-state index contributed by atoms with van der Waals surface area (Å²) in [6.45, 7) is 1.26. The average Bonchev–Trinajstić information content (AvgIpc) is 2.54. The second kappa shape index (κ2) is 3.53. The molecule has 0 aromatic heterocycles. The van der Waals surface area contributed by atoms with Crippen LogP contribution in [0, 0.1) is 0 Å². The van der Waals surface area contributed by atoms with Crippen LogP contribution in [-0.2, 0) is 9.47 Å². The SMILES string of the molecule is O[C@@H]1CCC2(CC[C@@H]1O)OCCO2. The molecule has 1 heterocycles. The predicted octanol–water partition coefficient (Wildman–Crippen LogP) is 0.0253. The predicted molar refractivity (Wildman–Crippen MR) is 45.1 cm³/mol. The van der Waals surface area contributed by atoms with Crippen molar-refractivity contribution in [3.05, 3.63) is 0 Å². The highest BCUT2D eigenvalue weighted by Crippen LogP contribution is 2.34. The lowest BCUT2D eigenvalue weighted by molar-refractivity contribution is -0.166. The summed E-state index contributed by atoms with van der Waals surface area (Å²) >= 11 is 0. The standard InChI is InChI=1S/C9H16O4/c10-7-1-3-9(4-2-8(7)11)12-5-6-13-9/h7-8,10-11H,1-6H2/t7-,8+. The largest absolute Gasteiger partial charge is 0.390 e. The van der Waals surface area contributed by atoms with Gasteiger partial charge in [-0.3, -0.25) is 0 Å². The fourth-order valence-electron chi connectivity index (χ4n) is 2.03. The van der Waals surface area contributed by atoms with E-state index in [1.54, 1.807) is 0 Å². The third kappa shape index (κ3) is 1.86. The maximum absolute atomic E-state index is 9.44. The minimum Gasteiger partial charge on any atom is -0.390 e. The smallest absolute Gasteiger partial charge is 0.168 e. The van der Waals surface area contributed by atoms with Crippen LogP contribution >= 0.6 is 0 Å². The topological polar surface area (TPSA) is 58.9 Å². The van der Waals surface area contributed by atoms with Gasteiger partial charge in [-0.2, -0.15) is 0 Å². The van der Waals surface area contributed by atoms with E-state index in [0.717, 1.165) is 0 Å². The van der Waals surface area contributed by atoms with Crippen molar-refractivity contribution in [2.45, 2.75) is 43.7 Å². The lowest BCUT2D eigenvalue weighted by Gasteiger charge is -2.25. The molecule has 0 unspecified atom stereocenters. The highest BCUT2D eigenvalue weighted by molar-refractivity contribution is 4.83. The van der Waals surface area contributed by atoms with Crippen molar-refractivity contribution in [1.82, 2.24) is 0 Å². The Bertz CT molecular complexity index is 162. The van der Waals surface area contributed by atoms with E-state index in [4.69, 9.17) is 9.47 Å². The number of aliphatic hydroxyl groups is 2. The van der Waals surface area contributed by atoms with E-state index in [-0.39, 0.29) is 0 Å². The molecule has 0 radical (unpaired) electrons. The minimum absolute atomic E-state index is 0.502. The normalized spacial score (nSPS) is 39.2. The number of rotatable bonds is 0. The molecule has 2 fully saturated rings. The first-order chi connectivity index (χ1) is 6.22. The van der Waals surface area contributed by atoms with Crippen molar-refractivity contribution in [3.8, 4) is 0 Å². The molecular formula is C9H16O4. The summed E-state index contributed by atoms with van der Waals surface area (Å²) in [6.07, 6.45) is 1.25. The minimum atomic E-state index is -0.618. The van der Waals surface area contributed by atoms with Crippen LogP contribution in [0.1, 0.15) is 25.7 Å². The molecule has 1 aliphatic heterocycles. The van der Waals surface area contributed by atoms with Gasteiger partial charge >= 0.3 is 0 Å². The van der Waals surface area contributed by atoms with Gasteiger partial charge in [0.1, 0.15) is 0 Å². The Labute approximate surface area is 77.5 Å². The third-order valence-electron chi connectivity index (χ3n) is 2.90. The van der Waals surface area contributed by atoms with Gasteiger partial charge in [0.25, 0.3) is 0 Å². The van der Waals surface area contributed by atoms with Crippen molar-refractivity contribution in [3.63, 3.8) is 0 Å². The van der Waals surface area contributed by atoms with Gasteiger partial charge in [0, 0.05) is 12.8 Å². The molecule has 0 aromatic rings. The van der Waals surface area contributed by atoms with Crippen LogP contribution in [0.4, 0.5) is 0 Å².